The predicted octanol–water partition coefficient (Wildman–Crippen LogP) is 5.35. The zero-order valence-electron chi connectivity index (χ0n) is 15.5. The summed E-state index contributed by atoms with van der Waals surface area (Å²) in [6.45, 7) is 3.45. The van der Waals surface area contributed by atoms with Crippen LogP contribution in [0.15, 0.2) is 47.0 Å². The molecule has 0 amide bonds. The lowest BCUT2D eigenvalue weighted by Crippen LogP contribution is -2.11. The van der Waals surface area contributed by atoms with Gasteiger partial charge >= 0.3 is 6.18 Å². The molecule has 0 fully saturated rings. The van der Waals surface area contributed by atoms with Gasteiger partial charge in [-0.15, -0.1) is 0 Å². The molecule has 5 nitrogen and oxygen atoms in total. The average molecular weight is 404 g/mol. The van der Waals surface area contributed by atoms with E-state index >= 15 is 0 Å². The molecule has 4 rings (SSSR count). The van der Waals surface area contributed by atoms with Crippen LogP contribution in [0.2, 0.25) is 0 Å². The summed E-state index contributed by atoms with van der Waals surface area (Å²) in [5.41, 5.74) is 5.93. The molecule has 2 aromatic carbocycles. The maximum Gasteiger partial charge on any atom is 0.419 e. The lowest BCUT2D eigenvalue weighted by Gasteiger charge is -2.15. The fraction of sp³-hybridized carbons (Fsp3) is 0.200. The van der Waals surface area contributed by atoms with Crippen LogP contribution in [0.1, 0.15) is 30.1 Å². The molecule has 2 heterocycles. The van der Waals surface area contributed by atoms with E-state index < -0.39 is 17.8 Å². The molecule has 0 saturated heterocycles. The van der Waals surface area contributed by atoms with Crippen molar-refractivity contribution in [1.29, 1.82) is 0 Å². The standard InChI is InChI=1S/C20H16F4N4O/c1-10-9-14-16(8-7-15(25)17(14)20(22,23)24)28(10)11(2)19-26-18(27-29-19)12-3-5-13(21)6-4-12/h3-9,11H,25H2,1-2H3. The van der Waals surface area contributed by atoms with Crippen molar-refractivity contribution in [3.63, 3.8) is 0 Å². The summed E-state index contributed by atoms with van der Waals surface area (Å²) in [6.07, 6.45) is -4.58. The second-order valence-electron chi connectivity index (χ2n) is 6.76. The number of nitrogens with zero attached hydrogens (tertiary/aromatic N) is 3. The third-order valence-corrected chi connectivity index (χ3v) is 4.82. The minimum absolute atomic E-state index is 0.0140. The van der Waals surface area contributed by atoms with Gasteiger partial charge in [-0.05, 0) is 56.3 Å². The Bertz CT molecular complexity index is 1190. The van der Waals surface area contributed by atoms with Crippen LogP contribution in [0.3, 0.4) is 0 Å². The minimum Gasteiger partial charge on any atom is -0.398 e. The van der Waals surface area contributed by atoms with Crippen LogP contribution < -0.4 is 5.73 Å². The predicted molar refractivity (Wildman–Crippen MR) is 99.6 cm³/mol. The number of aryl methyl sites for hydroxylation is 1. The molecule has 0 radical (unpaired) electrons. The lowest BCUT2D eigenvalue weighted by atomic mass is 10.1. The van der Waals surface area contributed by atoms with E-state index in [1.54, 1.807) is 24.5 Å². The molecule has 1 atom stereocenters. The molecule has 2 N–H and O–H groups in total. The van der Waals surface area contributed by atoms with E-state index in [-0.39, 0.29) is 28.6 Å². The van der Waals surface area contributed by atoms with Crippen LogP contribution >= 0.6 is 0 Å². The smallest absolute Gasteiger partial charge is 0.398 e. The number of aromatic nitrogens is 3. The van der Waals surface area contributed by atoms with Crippen molar-refractivity contribution < 1.29 is 22.1 Å². The minimum atomic E-state index is -4.58. The Balaban J connectivity index is 1.79. The van der Waals surface area contributed by atoms with Gasteiger partial charge in [0.1, 0.15) is 11.9 Å². The molecule has 0 aliphatic carbocycles. The molecule has 0 aliphatic heterocycles. The van der Waals surface area contributed by atoms with Crippen molar-refractivity contribution >= 4 is 16.6 Å². The Morgan fingerprint density at radius 2 is 1.79 bits per heavy atom. The number of halogens is 4. The SMILES string of the molecule is Cc1cc2c(C(F)(F)F)c(N)ccc2n1C(C)c1nc(-c2ccc(F)cc2)no1. The Morgan fingerprint density at radius 1 is 1.10 bits per heavy atom. The maximum absolute atomic E-state index is 13.5. The Kier molecular flexibility index (Phi) is 4.33. The average Bonchev–Trinajstić information content (AvgIpc) is 3.25. The molecular formula is C20H16F4N4O. The summed E-state index contributed by atoms with van der Waals surface area (Å²) >= 11 is 0. The van der Waals surface area contributed by atoms with Crippen molar-refractivity contribution in [1.82, 2.24) is 14.7 Å². The van der Waals surface area contributed by atoms with Crippen LogP contribution in [-0.2, 0) is 6.18 Å². The molecule has 0 aliphatic rings. The number of benzene rings is 2. The number of hydrogen-bond donors (Lipinski definition) is 1. The number of alkyl halides is 3. The number of anilines is 1. The molecule has 9 heteroatoms. The Hall–Kier alpha value is -3.36. The number of hydrogen-bond acceptors (Lipinski definition) is 4. The highest BCUT2D eigenvalue weighted by Crippen LogP contribution is 2.41. The van der Waals surface area contributed by atoms with E-state index in [2.05, 4.69) is 10.1 Å². The fourth-order valence-corrected chi connectivity index (χ4v) is 3.51. The molecule has 4 aromatic rings. The third kappa shape index (κ3) is 3.22. The topological polar surface area (TPSA) is 69.9 Å². The first-order chi connectivity index (χ1) is 13.7. The van der Waals surface area contributed by atoms with Gasteiger partial charge in [0.15, 0.2) is 0 Å². The van der Waals surface area contributed by atoms with Gasteiger partial charge in [-0.1, -0.05) is 5.16 Å². The summed E-state index contributed by atoms with van der Waals surface area (Å²) in [4.78, 5) is 4.33. The summed E-state index contributed by atoms with van der Waals surface area (Å²) in [5.74, 6) is 0.0940. The van der Waals surface area contributed by atoms with Gasteiger partial charge in [-0.25, -0.2) is 4.39 Å². The van der Waals surface area contributed by atoms with Crippen molar-refractivity contribution in [2.45, 2.75) is 26.1 Å². The van der Waals surface area contributed by atoms with E-state index in [0.29, 0.717) is 16.8 Å². The highest BCUT2D eigenvalue weighted by molar-refractivity contribution is 5.89. The molecule has 2 aromatic heterocycles. The van der Waals surface area contributed by atoms with Crippen LogP contribution in [0, 0.1) is 12.7 Å². The first-order valence-corrected chi connectivity index (χ1v) is 8.73. The molecule has 150 valence electrons. The Morgan fingerprint density at radius 3 is 2.45 bits per heavy atom. The molecule has 1 unspecified atom stereocenters. The molecule has 0 saturated carbocycles. The molecule has 29 heavy (non-hydrogen) atoms. The second kappa shape index (κ2) is 6.61. The van der Waals surface area contributed by atoms with Crippen LogP contribution in [0.5, 0.6) is 0 Å². The first-order valence-electron chi connectivity index (χ1n) is 8.73. The fourth-order valence-electron chi connectivity index (χ4n) is 3.51. The summed E-state index contributed by atoms with van der Waals surface area (Å²) < 4.78 is 60.6. The summed E-state index contributed by atoms with van der Waals surface area (Å²) in [6, 6.07) is 9.29. The summed E-state index contributed by atoms with van der Waals surface area (Å²) in [7, 11) is 0. The highest BCUT2D eigenvalue weighted by atomic mass is 19.4. The van der Waals surface area contributed by atoms with Crippen molar-refractivity contribution in [3.05, 3.63) is 65.4 Å². The highest BCUT2D eigenvalue weighted by Gasteiger charge is 2.36. The third-order valence-electron chi connectivity index (χ3n) is 4.82. The summed E-state index contributed by atoms with van der Waals surface area (Å²) in [5, 5.41) is 3.92. The van der Waals surface area contributed by atoms with Crippen LogP contribution in [-0.4, -0.2) is 14.7 Å². The zero-order chi connectivity index (χ0) is 20.9. The monoisotopic (exact) mass is 404 g/mol. The first kappa shape index (κ1) is 19.0. The van der Waals surface area contributed by atoms with Gasteiger partial charge < -0.3 is 14.8 Å². The van der Waals surface area contributed by atoms with E-state index in [4.69, 9.17) is 10.3 Å². The van der Waals surface area contributed by atoms with Crippen molar-refractivity contribution in [2.75, 3.05) is 5.73 Å². The molecule has 0 spiro atoms. The van der Waals surface area contributed by atoms with E-state index in [1.165, 1.54) is 36.4 Å². The Labute approximate surface area is 162 Å². The van der Waals surface area contributed by atoms with Gasteiger partial charge in [0, 0.05) is 27.8 Å². The van der Waals surface area contributed by atoms with Gasteiger partial charge in [0.2, 0.25) is 11.7 Å². The van der Waals surface area contributed by atoms with E-state index in [1.807, 2.05) is 0 Å². The van der Waals surface area contributed by atoms with Gasteiger partial charge in [-0.3, -0.25) is 0 Å². The number of nitrogen functional groups attached to an aromatic ring is 1. The molecule has 0 bridgehead atoms. The molecular weight excluding hydrogens is 388 g/mol. The number of rotatable bonds is 3. The van der Waals surface area contributed by atoms with Gasteiger partial charge in [0.05, 0.1) is 5.56 Å². The van der Waals surface area contributed by atoms with Crippen LogP contribution in [0.4, 0.5) is 23.2 Å². The lowest BCUT2D eigenvalue weighted by molar-refractivity contribution is -0.135. The van der Waals surface area contributed by atoms with Gasteiger partial charge in [-0.2, -0.15) is 18.2 Å². The second-order valence-corrected chi connectivity index (χ2v) is 6.76. The largest absolute Gasteiger partial charge is 0.419 e. The zero-order valence-corrected chi connectivity index (χ0v) is 15.5. The number of fused-ring (bicyclic) bond motifs is 1. The van der Waals surface area contributed by atoms with Crippen molar-refractivity contribution in [3.8, 4) is 11.4 Å². The maximum atomic E-state index is 13.5. The van der Waals surface area contributed by atoms with E-state index in [0.717, 1.165) is 0 Å². The van der Waals surface area contributed by atoms with Crippen LogP contribution in [0.25, 0.3) is 22.3 Å². The van der Waals surface area contributed by atoms with E-state index in [9.17, 15) is 17.6 Å². The van der Waals surface area contributed by atoms with Gasteiger partial charge in [0.25, 0.3) is 0 Å². The number of nitrogens with two attached hydrogens (primary N) is 1. The quantitative estimate of drug-likeness (QED) is 0.369. The normalized spacial score (nSPS) is 13.2. The van der Waals surface area contributed by atoms with Crippen molar-refractivity contribution in [2.24, 2.45) is 0 Å².